The number of rotatable bonds is 19. The second kappa shape index (κ2) is 19.8. The number of methoxy groups -OCH3 is 2. The Hall–Kier alpha value is -2.16. The number of β-amino-alcohol motifs (C(OH)–C–C–N with tert-alkyl or cyclic N) is 1. The van der Waals surface area contributed by atoms with Crippen molar-refractivity contribution < 1.29 is 29.0 Å². The Bertz CT molecular complexity index is 826. The van der Waals surface area contributed by atoms with Gasteiger partial charge in [-0.25, -0.2) is 0 Å². The number of hydrogen-bond donors (Lipinski definition) is 1. The van der Waals surface area contributed by atoms with Gasteiger partial charge in [0.15, 0.2) is 0 Å². The van der Waals surface area contributed by atoms with Crippen LogP contribution in [0.1, 0.15) is 84.0 Å². The van der Waals surface area contributed by atoms with E-state index in [0.29, 0.717) is 24.2 Å². The number of allylic oxidation sites excluding steroid dienone is 2. The van der Waals surface area contributed by atoms with E-state index in [1.165, 1.54) is 57.2 Å². The van der Waals surface area contributed by atoms with E-state index in [2.05, 4.69) is 13.0 Å². The van der Waals surface area contributed by atoms with Crippen molar-refractivity contribution in [3.8, 4) is 0 Å². The number of carbonyl (C=O) groups excluding carboxylic acids is 3. The van der Waals surface area contributed by atoms with Gasteiger partial charge in [0.1, 0.15) is 5.76 Å². The van der Waals surface area contributed by atoms with Gasteiger partial charge < -0.3 is 19.5 Å². The second-order valence-electron chi connectivity index (χ2n) is 9.87. The van der Waals surface area contributed by atoms with Gasteiger partial charge in [0.05, 0.1) is 32.3 Å². The Morgan fingerprint density at radius 2 is 1.89 bits per heavy atom. The number of likely N-dealkylation sites (N-methyl/N-ethyl adjacent to an activating group) is 1. The van der Waals surface area contributed by atoms with Gasteiger partial charge in [0, 0.05) is 45.2 Å². The zero-order valence-corrected chi connectivity index (χ0v) is 24.4. The van der Waals surface area contributed by atoms with Crippen LogP contribution in [0.2, 0.25) is 0 Å². The summed E-state index contributed by atoms with van der Waals surface area (Å²) in [5, 5.41) is 9.59. The van der Waals surface area contributed by atoms with Crippen molar-refractivity contribution in [3.63, 3.8) is 0 Å². The number of carbonyl (C=O) groups is 3. The zero-order valence-electron chi connectivity index (χ0n) is 23.6. The summed E-state index contributed by atoms with van der Waals surface area (Å²) in [6.45, 7) is 2.48. The van der Waals surface area contributed by atoms with Crippen molar-refractivity contribution in [2.45, 2.75) is 96.2 Å². The zero-order chi connectivity index (χ0) is 28.3. The average Bonchev–Trinajstić information content (AvgIpc) is 3.25. The van der Waals surface area contributed by atoms with Crippen LogP contribution in [0.3, 0.4) is 0 Å². The minimum absolute atomic E-state index is 0.0169. The number of hydrogen-bond acceptors (Lipinski definition) is 6. The van der Waals surface area contributed by atoms with E-state index in [0.717, 1.165) is 17.7 Å². The fraction of sp³-hybridized carbons (Fsp3) is 0.690. The van der Waals surface area contributed by atoms with Gasteiger partial charge in [0.25, 0.3) is 5.91 Å². The lowest BCUT2D eigenvalue weighted by molar-refractivity contribution is -0.139. The topological polar surface area (TPSA) is 96.4 Å². The molecule has 1 N–H and O–H groups in total. The lowest BCUT2D eigenvalue weighted by atomic mass is 10.0. The SMILES string of the molecule is CCCCCCCC[C@@H](C/C=C/CCC(=O)N(C)C/C(=C\Cl)C/C(=C\C(=O)N1C[C@H](O)CC1=O)OC)OC. The summed E-state index contributed by atoms with van der Waals surface area (Å²) in [7, 11) is 4.89. The quantitative estimate of drug-likeness (QED) is 0.103. The molecule has 0 bridgehead atoms. The first-order valence-electron chi connectivity index (χ1n) is 13.7. The van der Waals surface area contributed by atoms with Gasteiger partial charge in [-0.2, -0.15) is 0 Å². The number of unbranched alkanes of at least 4 members (excludes halogenated alkanes) is 5. The van der Waals surface area contributed by atoms with Crippen LogP contribution in [0.4, 0.5) is 0 Å². The first-order valence-corrected chi connectivity index (χ1v) is 14.2. The molecule has 1 saturated heterocycles. The molecular formula is C29H47ClN2O6. The Morgan fingerprint density at radius 1 is 1.18 bits per heavy atom. The van der Waals surface area contributed by atoms with Crippen LogP contribution in [-0.4, -0.2) is 79.2 Å². The third-order valence-corrected chi connectivity index (χ3v) is 6.95. The first kappa shape index (κ1) is 33.9. The Balaban J connectivity index is 2.42. The van der Waals surface area contributed by atoms with Gasteiger partial charge in [-0.15, -0.1) is 0 Å². The minimum Gasteiger partial charge on any atom is -0.501 e. The molecule has 0 saturated carbocycles. The number of likely N-dealkylation sites (tertiary alicyclic amines) is 1. The average molecular weight is 555 g/mol. The molecule has 216 valence electrons. The largest absolute Gasteiger partial charge is 0.501 e. The lowest BCUT2D eigenvalue weighted by Gasteiger charge is -2.19. The van der Waals surface area contributed by atoms with E-state index in [-0.39, 0.29) is 37.9 Å². The van der Waals surface area contributed by atoms with Gasteiger partial charge >= 0.3 is 0 Å². The molecule has 0 aromatic rings. The van der Waals surface area contributed by atoms with Gasteiger partial charge in [-0.05, 0) is 24.8 Å². The number of aliphatic hydroxyl groups is 1. The summed E-state index contributed by atoms with van der Waals surface area (Å²) < 4.78 is 10.9. The summed E-state index contributed by atoms with van der Waals surface area (Å²) >= 11 is 5.99. The molecule has 0 radical (unpaired) electrons. The molecule has 1 rings (SSSR count). The van der Waals surface area contributed by atoms with E-state index < -0.39 is 17.9 Å². The van der Waals surface area contributed by atoms with Crippen molar-refractivity contribution in [1.29, 1.82) is 0 Å². The van der Waals surface area contributed by atoms with E-state index in [4.69, 9.17) is 21.1 Å². The van der Waals surface area contributed by atoms with Gasteiger partial charge in [-0.1, -0.05) is 69.2 Å². The number of aliphatic hydroxyl groups excluding tert-OH is 1. The van der Waals surface area contributed by atoms with E-state index >= 15 is 0 Å². The predicted octanol–water partition coefficient (Wildman–Crippen LogP) is 5.10. The second-order valence-corrected chi connectivity index (χ2v) is 10.1. The highest BCUT2D eigenvalue weighted by atomic mass is 35.5. The Morgan fingerprint density at radius 3 is 2.50 bits per heavy atom. The highest BCUT2D eigenvalue weighted by Crippen LogP contribution is 2.18. The molecular weight excluding hydrogens is 508 g/mol. The number of imide groups is 1. The summed E-state index contributed by atoms with van der Waals surface area (Å²) in [5.74, 6) is -0.668. The molecule has 0 aromatic carbocycles. The van der Waals surface area contributed by atoms with Crippen molar-refractivity contribution in [2.75, 3.05) is 34.4 Å². The molecule has 38 heavy (non-hydrogen) atoms. The van der Waals surface area contributed by atoms with E-state index in [1.54, 1.807) is 19.1 Å². The fourth-order valence-electron chi connectivity index (χ4n) is 4.29. The maximum atomic E-state index is 12.6. The molecule has 1 aliphatic heterocycles. The number of halogens is 1. The number of amides is 3. The summed E-state index contributed by atoms with van der Waals surface area (Å²) in [4.78, 5) is 39.4. The van der Waals surface area contributed by atoms with Gasteiger partial charge in [0.2, 0.25) is 11.8 Å². The Labute approximate surface area is 233 Å². The summed E-state index contributed by atoms with van der Waals surface area (Å²) in [6.07, 6.45) is 15.4. The smallest absolute Gasteiger partial charge is 0.256 e. The van der Waals surface area contributed by atoms with Crippen LogP contribution in [0.25, 0.3) is 0 Å². The third kappa shape index (κ3) is 13.6. The van der Waals surface area contributed by atoms with Crippen molar-refractivity contribution in [1.82, 2.24) is 9.80 Å². The Kier molecular flexibility index (Phi) is 17.7. The monoisotopic (exact) mass is 554 g/mol. The van der Waals surface area contributed by atoms with E-state index in [1.807, 2.05) is 6.08 Å². The van der Waals surface area contributed by atoms with Crippen LogP contribution < -0.4 is 0 Å². The molecule has 1 heterocycles. The highest BCUT2D eigenvalue weighted by molar-refractivity contribution is 6.25. The first-order chi connectivity index (χ1) is 18.2. The van der Waals surface area contributed by atoms with Crippen LogP contribution in [0.15, 0.2) is 35.1 Å². The number of ether oxygens (including phenoxy) is 2. The summed E-state index contributed by atoms with van der Waals surface area (Å²) in [5.41, 5.74) is 2.06. The van der Waals surface area contributed by atoms with Crippen molar-refractivity contribution >= 4 is 29.3 Å². The van der Waals surface area contributed by atoms with Crippen molar-refractivity contribution in [2.24, 2.45) is 0 Å². The molecule has 0 spiro atoms. The van der Waals surface area contributed by atoms with Crippen LogP contribution in [0.5, 0.6) is 0 Å². The normalized spacial score (nSPS) is 17.4. The van der Waals surface area contributed by atoms with Crippen LogP contribution in [-0.2, 0) is 23.9 Å². The summed E-state index contributed by atoms with van der Waals surface area (Å²) in [6, 6.07) is 0. The minimum atomic E-state index is -0.842. The van der Waals surface area contributed by atoms with Crippen LogP contribution >= 0.6 is 11.6 Å². The molecule has 3 amide bonds. The lowest BCUT2D eigenvalue weighted by Crippen LogP contribution is -2.32. The predicted molar refractivity (Wildman–Crippen MR) is 150 cm³/mol. The molecule has 2 atom stereocenters. The molecule has 9 heteroatoms. The van der Waals surface area contributed by atoms with Crippen molar-refractivity contribution in [3.05, 3.63) is 35.1 Å². The number of nitrogens with zero attached hydrogens (tertiary/aromatic N) is 2. The molecule has 0 aliphatic carbocycles. The molecule has 8 nitrogen and oxygen atoms in total. The fourth-order valence-corrected chi connectivity index (χ4v) is 4.44. The van der Waals surface area contributed by atoms with Gasteiger partial charge in [-0.3, -0.25) is 19.3 Å². The maximum Gasteiger partial charge on any atom is 0.256 e. The van der Waals surface area contributed by atoms with E-state index in [9.17, 15) is 19.5 Å². The molecule has 1 aliphatic rings. The standard InChI is InChI=1S/C29H47ClN2O6/c1-5-6-7-8-9-11-14-25(37-3)15-12-10-13-16-27(34)31(2)21-23(20-30)17-26(38-4)19-29(36)32-22-24(33)18-28(32)35/h10,12,19-20,24-25,33H,5-9,11,13-18,21-22H2,1-4H3/b12-10+,23-20-,26-19+/t24-,25+/m1/s1. The highest BCUT2D eigenvalue weighted by Gasteiger charge is 2.32. The molecule has 0 aromatic heterocycles. The van der Waals surface area contributed by atoms with Crippen LogP contribution in [0, 0.1) is 0 Å². The maximum absolute atomic E-state index is 12.6. The molecule has 0 unspecified atom stereocenters. The third-order valence-electron chi connectivity index (χ3n) is 6.64. The molecule has 1 fully saturated rings.